The van der Waals surface area contributed by atoms with E-state index in [-0.39, 0.29) is 0 Å². The lowest BCUT2D eigenvalue weighted by atomic mass is 10.1. The van der Waals surface area contributed by atoms with Crippen molar-refractivity contribution in [1.29, 1.82) is 0 Å². The fraction of sp³-hybridized carbons (Fsp3) is 0.182. The van der Waals surface area contributed by atoms with E-state index in [2.05, 4.69) is 50.9 Å². The van der Waals surface area contributed by atoms with E-state index in [1.54, 1.807) is 6.20 Å². The van der Waals surface area contributed by atoms with Crippen LogP contribution in [0.3, 0.4) is 0 Å². The van der Waals surface area contributed by atoms with E-state index in [0.717, 1.165) is 30.1 Å². The van der Waals surface area contributed by atoms with Gasteiger partial charge in [-0.2, -0.15) is 0 Å². The Labute approximate surface area is 179 Å². The zero-order valence-electron chi connectivity index (χ0n) is 15.9. The molecule has 4 aromatic rings. The molecule has 4 rings (SSSR count). The standard InChI is InChI=1S/C22H22ClN5S/c23-18-4-1-17(2-5-18)3-8-21(15-27-13-11-25-16-27)29-20-9-6-19(7-10-20)28-14-12-26-22(28)24/h1-2,4-7,9-14,16,21H,3,8,15H2,(H2,24,26). The van der Waals surface area contributed by atoms with Crippen molar-refractivity contribution in [2.24, 2.45) is 0 Å². The number of aromatic nitrogens is 4. The number of nitrogens with two attached hydrogens (primary N) is 1. The topological polar surface area (TPSA) is 61.7 Å². The predicted octanol–water partition coefficient (Wildman–Crippen LogP) is 5.10. The van der Waals surface area contributed by atoms with Gasteiger partial charge in [-0.05, 0) is 54.8 Å². The number of hydrogen-bond donors (Lipinski definition) is 1. The summed E-state index contributed by atoms with van der Waals surface area (Å²) >= 11 is 7.90. The number of rotatable bonds is 8. The van der Waals surface area contributed by atoms with Crippen LogP contribution in [0.4, 0.5) is 5.95 Å². The summed E-state index contributed by atoms with van der Waals surface area (Å²) in [4.78, 5) is 9.49. The first kappa shape index (κ1) is 19.6. The first-order chi connectivity index (χ1) is 14.2. The SMILES string of the molecule is Nc1nccn1-c1ccc(SC(CCc2ccc(Cl)cc2)Cn2ccnc2)cc1. The number of aryl methyl sites for hydroxylation is 1. The molecular weight excluding hydrogens is 402 g/mol. The van der Waals surface area contributed by atoms with Crippen LogP contribution in [0.1, 0.15) is 12.0 Å². The van der Waals surface area contributed by atoms with Gasteiger partial charge in [0.05, 0.1) is 6.33 Å². The quantitative estimate of drug-likeness (QED) is 0.400. The number of thioether (sulfide) groups is 1. The molecule has 1 unspecified atom stereocenters. The van der Waals surface area contributed by atoms with Gasteiger partial charge in [0.2, 0.25) is 5.95 Å². The van der Waals surface area contributed by atoms with Crippen molar-refractivity contribution in [2.75, 3.05) is 5.73 Å². The van der Waals surface area contributed by atoms with E-state index < -0.39 is 0 Å². The third-order valence-corrected chi connectivity index (χ3v) is 6.24. The predicted molar refractivity (Wildman–Crippen MR) is 120 cm³/mol. The molecule has 0 saturated carbocycles. The molecule has 7 heteroatoms. The van der Waals surface area contributed by atoms with Gasteiger partial charge in [0.1, 0.15) is 0 Å². The van der Waals surface area contributed by atoms with Gasteiger partial charge in [0.15, 0.2) is 0 Å². The summed E-state index contributed by atoms with van der Waals surface area (Å²) in [6.07, 6.45) is 11.3. The molecule has 2 N–H and O–H groups in total. The maximum Gasteiger partial charge on any atom is 0.204 e. The number of nitrogens with zero attached hydrogens (tertiary/aromatic N) is 4. The first-order valence-electron chi connectivity index (χ1n) is 9.43. The number of benzene rings is 2. The molecule has 1 atom stereocenters. The zero-order valence-corrected chi connectivity index (χ0v) is 17.4. The first-order valence-corrected chi connectivity index (χ1v) is 10.7. The Hall–Kier alpha value is -2.70. The van der Waals surface area contributed by atoms with E-state index in [0.29, 0.717) is 11.2 Å². The van der Waals surface area contributed by atoms with Crippen molar-refractivity contribution < 1.29 is 0 Å². The van der Waals surface area contributed by atoms with Crippen LogP contribution in [0.5, 0.6) is 0 Å². The summed E-state index contributed by atoms with van der Waals surface area (Å²) in [5.41, 5.74) is 8.21. The Bertz CT molecular complexity index is 1030. The van der Waals surface area contributed by atoms with Crippen molar-refractivity contribution in [3.8, 4) is 5.69 Å². The van der Waals surface area contributed by atoms with Gasteiger partial charge < -0.3 is 10.3 Å². The van der Waals surface area contributed by atoms with Crippen LogP contribution in [0.25, 0.3) is 5.69 Å². The molecular formula is C22H22ClN5S. The van der Waals surface area contributed by atoms with Gasteiger partial charge in [-0.3, -0.25) is 4.57 Å². The monoisotopic (exact) mass is 423 g/mol. The van der Waals surface area contributed by atoms with Gasteiger partial charge in [-0.25, -0.2) is 9.97 Å². The lowest BCUT2D eigenvalue weighted by Crippen LogP contribution is -2.13. The third-order valence-electron chi connectivity index (χ3n) is 4.73. The van der Waals surface area contributed by atoms with Crippen molar-refractivity contribution in [3.05, 3.63) is 90.2 Å². The summed E-state index contributed by atoms with van der Waals surface area (Å²) in [7, 11) is 0. The molecule has 0 saturated heterocycles. The number of imidazole rings is 2. The van der Waals surface area contributed by atoms with Crippen molar-refractivity contribution >= 4 is 29.3 Å². The average Bonchev–Trinajstić information content (AvgIpc) is 3.40. The fourth-order valence-corrected chi connectivity index (χ4v) is 4.49. The Morgan fingerprint density at radius 3 is 2.45 bits per heavy atom. The van der Waals surface area contributed by atoms with Crippen molar-refractivity contribution in [1.82, 2.24) is 19.1 Å². The molecule has 0 spiro atoms. The molecule has 148 valence electrons. The van der Waals surface area contributed by atoms with E-state index >= 15 is 0 Å². The van der Waals surface area contributed by atoms with Crippen LogP contribution < -0.4 is 5.73 Å². The van der Waals surface area contributed by atoms with Crippen LogP contribution in [-0.2, 0) is 13.0 Å². The van der Waals surface area contributed by atoms with Gasteiger partial charge >= 0.3 is 0 Å². The largest absolute Gasteiger partial charge is 0.369 e. The smallest absolute Gasteiger partial charge is 0.204 e. The van der Waals surface area contributed by atoms with Gasteiger partial charge in [-0.15, -0.1) is 11.8 Å². The maximum absolute atomic E-state index is 6.01. The molecule has 0 amide bonds. The summed E-state index contributed by atoms with van der Waals surface area (Å²) in [6, 6.07) is 16.6. The second-order valence-electron chi connectivity index (χ2n) is 6.81. The minimum Gasteiger partial charge on any atom is -0.369 e. The lowest BCUT2D eigenvalue weighted by molar-refractivity contribution is 0.624. The lowest BCUT2D eigenvalue weighted by Gasteiger charge is -2.18. The molecule has 2 aromatic carbocycles. The molecule has 29 heavy (non-hydrogen) atoms. The Morgan fingerprint density at radius 2 is 1.79 bits per heavy atom. The summed E-state index contributed by atoms with van der Waals surface area (Å²) in [5, 5.41) is 1.20. The van der Waals surface area contributed by atoms with Crippen molar-refractivity contribution in [2.45, 2.75) is 29.5 Å². The fourth-order valence-electron chi connectivity index (χ4n) is 3.21. The number of anilines is 1. The summed E-state index contributed by atoms with van der Waals surface area (Å²) in [5.74, 6) is 0.492. The highest BCUT2D eigenvalue weighted by molar-refractivity contribution is 8.00. The normalized spacial score (nSPS) is 12.2. The average molecular weight is 424 g/mol. The third kappa shape index (κ3) is 5.22. The second kappa shape index (κ2) is 9.20. The van der Waals surface area contributed by atoms with Crippen LogP contribution in [0.15, 0.2) is 84.5 Å². The molecule has 0 bridgehead atoms. The van der Waals surface area contributed by atoms with Crippen LogP contribution in [0.2, 0.25) is 5.02 Å². The highest BCUT2D eigenvalue weighted by Crippen LogP contribution is 2.29. The Morgan fingerprint density at radius 1 is 1.00 bits per heavy atom. The molecule has 0 aliphatic carbocycles. The van der Waals surface area contributed by atoms with E-state index in [4.69, 9.17) is 17.3 Å². The van der Waals surface area contributed by atoms with Crippen molar-refractivity contribution in [3.63, 3.8) is 0 Å². The van der Waals surface area contributed by atoms with Crippen LogP contribution >= 0.6 is 23.4 Å². The molecule has 5 nitrogen and oxygen atoms in total. The van der Waals surface area contributed by atoms with E-state index in [1.807, 2.05) is 53.4 Å². The number of nitrogen functional groups attached to an aromatic ring is 1. The number of halogens is 1. The van der Waals surface area contributed by atoms with Gasteiger partial charge in [0.25, 0.3) is 0 Å². The Balaban J connectivity index is 1.45. The highest BCUT2D eigenvalue weighted by Gasteiger charge is 2.13. The van der Waals surface area contributed by atoms with Gasteiger partial charge in [0, 0.05) is 52.2 Å². The minimum absolute atomic E-state index is 0.420. The Kier molecular flexibility index (Phi) is 6.22. The minimum atomic E-state index is 0.420. The number of hydrogen-bond acceptors (Lipinski definition) is 4. The molecule has 0 fully saturated rings. The molecule has 0 aliphatic heterocycles. The molecule has 0 radical (unpaired) electrons. The molecule has 2 heterocycles. The van der Waals surface area contributed by atoms with E-state index in [9.17, 15) is 0 Å². The highest BCUT2D eigenvalue weighted by atomic mass is 35.5. The molecule has 2 aromatic heterocycles. The van der Waals surface area contributed by atoms with Crippen LogP contribution in [-0.4, -0.2) is 24.4 Å². The summed E-state index contributed by atoms with van der Waals surface area (Å²) in [6.45, 7) is 0.911. The molecule has 0 aliphatic rings. The second-order valence-corrected chi connectivity index (χ2v) is 8.62. The van der Waals surface area contributed by atoms with Gasteiger partial charge in [-0.1, -0.05) is 23.7 Å². The summed E-state index contributed by atoms with van der Waals surface area (Å²) < 4.78 is 4.01. The maximum atomic E-state index is 6.01. The zero-order chi connectivity index (χ0) is 20.1. The van der Waals surface area contributed by atoms with Crippen LogP contribution in [0, 0.1) is 0 Å². The van der Waals surface area contributed by atoms with E-state index in [1.165, 1.54) is 10.5 Å².